The lowest BCUT2D eigenvalue weighted by Gasteiger charge is -2.49. The van der Waals surface area contributed by atoms with Gasteiger partial charge in [-0.2, -0.15) is 0 Å². The molecule has 2 aliphatic carbocycles. The average Bonchev–Trinajstić information content (AvgIpc) is 2.96. The molecule has 8 heteroatoms. The van der Waals surface area contributed by atoms with Crippen LogP contribution in [0.3, 0.4) is 0 Å². The molecule has 4 aliphatic rings. The van der Waals surface area contributed by atoms with Gasteiger partial charge in [0.1, 0.15) is 5.54 Å². The number of hydrazine groups is 2. The number of fused-ring (bicyclic) bond motifs is 1. The highest BCUT2D eigenvalue weighted by Crippen LogP contribution is 2.52. The van der Waals surface area contributed by atoms with Crippen LogP contribution in [0.15, 0.2) is 0 Å². The zero-order valence-electron chi connectivity index (χ0n) is 16.9. The highest BCUT2D eigenvalue weighted by atomic mass is 16.5. The maximum absolute atomic E-state index is 13.0. The van der Waals surface area contributed by atoms with Crippen LogP contribution >= 0.6 is 0 Å². The van der Waals surface area contributed by atoms with Gasteiger partial charge in [-0.25, -0.2) is 20.5 Å². The van der Waals surface area contributed by atoms with Crippen LogP contribution in [0.4, 0.5) is 0 Å². The molecular formula is C20H32N4O4. The van der Waals surface area contributed by atoms with Crippen LogP contribution in [0, 0.1) is 5.41 Å². The number of nitrogens with zero attached hydrogens (tertiary/aromatic N) is 3. The van der Waals surface area contributed by atoms with E-state index in [1.54, 1.807) is 0 Å². The fourth-order valence-electron chi connectivity index (χ4n) is 5.71. The van der Waals surface area contributed by atoms with Crippen molar-refractivity contribution in [3.63, 3.8) is 0 Å². The quantitative estimate of drug-likeness (QED) is 0.548. The van der Waals surface area contributed by atoms with Crippen LogP contribution in [-0.2, 0) is 19.1 Å². The van der Waals surface area contributed by atoms with Crippen LogP contribution in [0.25, 0.3) is 0 Å². The Balaban J connectivity index is 1.50. The molecule has 8 nitrogen and oxygen atoms in total. The Kier molecular flexibility index (Phi) is 5.57. The van der Waals surface area contributed by atoms with Crippen LogP contribution in [0.5, 0.6) is 0 Å². The first-order valence-electron chi connectivity index (χ1n) is 10.7. The largest absolute Gasteiger partial charge is 0.468 e. The van der Waals surface area contributed by atoms with Crippen LogP contribution in [-0.4, -0.2) is 84.5 Å². The van der Waals surface area contributed by atoms with Gasteiger partial charge in [-0.3, -0.25) is 14.4 Å². The molecule has 0 bridgehead atoms. The molecule has 0 amide bonds. The number of rotatable bonds is 4. The number of Topliss-reactive ketones (excluding diaryl/α,β-unsaturated/α-hetero) is 2. The van der Waals surface area contributed by atoms with Crippen molar-refractivity contribution in [2.24, 2.45) is 5.41 Å². The first-order chi connectivity index (χ1) is 13.5. The summed E-state index contributed by atoms with van der Waals surface area (Å²) in [6.07, 6.45) is 6.14. The third kappa shape index (κ3) is 3.01. The number of ether oxygens (including phenoxy) is 1. The summed E-state index contributed by atoms with van der Waals surface area (Å²) in [7, 11) is 1.31. The molecule has 2 aliphatic heterocycles. The van der Waals surface area contributed by atoms with Crippen molar-refractivity contribution in [2.75, 3.05) is 46.4 Å². The minimum Gasteiger partial charge on any atom is -0.468 e. The number of hydrogen-bond acceptors (Lipinski definition) is 8. The van der Waals surface area contributed by atoms with Crippen molar-refractivity contribution in [3.8, 4) is 0 Å². The molecule has 0 spiro atoms. The lowest BCUT2D eigenvalue weighted by Crippen LogP contribution is -2.71. The molecule has 2 saturated carbocycles. The zero-order chi connectivity index (χ0) is 19.8. The first kappa shape index (κ1) is 19.9. The Labute approximate surface area is 166 Å². The molecule has 28 heavy (non-hydrogen) atoms. The lowest BCUT2D eigenvalue weighted by molar-refractivity contribution is -0.170. The molecule has 0 aromatic rings. The average molecular weight is 393 g/mol. The second-order valence-corrected chi connectivity index (χ2v) is 8.60. The topological polar surface area (TPSA) is 82.2 Å². The molecule has 0 radical (unpaired) electrons. The number of piperidine rings is 1. The molecule has 1 N–H and O–H groups in total. The maximum atomic E-state index is 13.0. The van der Waals surface area contributed by atoms with Gasteiger partial charge in [0.05, 0.1) is 13.5 Å². The number of piperazine rings is 1. The van der Waals surface area contributed by atoms with Gasteiger partial charge in [-0.1, -0.05) is 19.3 Å². The van der Waals surface area contributed by atoms with E-state index in [4.69, 9.17) is 4.74 Å². The highest BCUT2D eigenvalue weighted by molar-refractivity contribution is 6.23. The summed E-state index contributed by atoms with van der Waals surface area (Å²) in [6.45, 7) is 5.53. The molecule has 0 aromatic carbocycles. The lowest BCUT2D eigenvalue weighted by atomic mass is 9.62. The minimum absolute atomic E-state index is 0.152. The summed E-state index contributed by atoms with van der Waals surface area (Å²) >= 11 is 0. The maximum Gasteiger partial charge on any atom is 0.321 e. The Morgan fingerprint density at radius 1 is 0.857 bits per heavy atom. The Morgan fingerprint density at radius 3 is 2.18 bits per heavy atom. The van der Waals surface area contributed by atoms with Crippen LogP contribution in [0.1, 0.15) is 51.4 Å². The predicted molar refractivity (Wildman–Crippen MR) is 102 cm³/mol. The molecule has 2 heterocycles. The van der Waals surface area contributed by atoms with Crippen molar-refractivity contribution in [1.82, 2.24) is 20.5 Å². The van der Waals surface area contributed by atoms with Gasteiger partial charge in [0.15, 0.2) is 17.0 Å². The van der Waals surface area contributed by atoms with Crippen LogP contribution < -0.4 is 5.43 Å². The van der Waals surface area contributed by atoms with Gasteiger partial charge >= 0.3 is 5.97 Å². The van der Waals surface area contributed by atoms with Crippen molar-refractivity contribution in [1.29, 1.82) is 0 Å². The van der Waals surface area contributed by atoms with E-state index in [-0.39, 0.29) is 18.0 Å². The molecular weight excluding hydrogens is 360 g/mol. The number of carbonyl (C=O) groups is 3. The summed E-state index contributed by atoms with van der Waals surface area (Å²) in [4.78, 5) is 38.6. The van der Waals surface area contributed by atoms with Gasteiger partial charge in [0.2, 0.25) is 0 Å². The standard InChI is InChI=1S/C20H32N4O4/c1-28-18(27)19-7-3-4-8-20(19,17(26)15-16(19)25)21-22-11-13-24(14-12-22)23-9-5-2-6-10-23/h21H,2-15H2,1H3. The highest BCUT2D eigenvalue weighted by Gasteiger charge is 2.71. The van der Waals surface area contributed by atoms with Gasteiger partial charge in [-0.05, 0) is 25.7 Å². The second-order valence-electron chi connectivity index (χ2n) is 8.60. The molecule has 2 unspecified atom stereocenters. The smallest absolute Gasteiger partial charge is 0.321 e. The predicted octanol–water partition coefficient (Wildman–Crippen LogP) is 0.524. The molecule has 0 aromatic heterocycles. The van der Waals surface area contributed by atoms with E-state index in [9.17, 15) is 14.4 Å². The Morgan fingerprint density at radius 2 is 1.50 bits per heavy atom. The molecule has 2 saturated heterocycles. The SMILES string of the molecule is COC(=O)C12CCCCC1(NN1CCN(N3CCCCC3)CC1)C(=O)CC2=O. The summed E-state index contributed by atoms with van der Waals surface area (Å²) in [6, 6.07) is 0. The number of hydrogen-bond donors (Lipinski definition) is 1. The van der Waals surface area contributed by atoms with Crippen molar-refractivity contribution in [2.45, 2.75) is 56.9 Å². The summed E-state index contributed by atoms with van der Waals surface area (Å²) in [5.41, 5.74) is 0.914. The minimum atomic E-state index is -1.36. The molecule has 2 atom stereocenters. The van der Waals surface area contributed by atoms with E-state index in [1.807, 2.05) is 0 Å². The number of nitrogens with one attached hydrogen (secondary N) is 1. The Bertz CT molecular complexity index is 642. The third-order valence-corrected chi connectivity index (χ3v) is 7.23. The normalized spacial score (nSPS) is 35.8. The molecule has 4 rings (SSSR count). The van der Waals surface area contributed by atoms with Gasteiger partial charge in [0, 0.05) is 39.3 Å². The van der Waals surface area contributed by atoms with E-state index < -0.39 is 16.9 Å². The van der Waals surface area contributed by atoms with Crippen LogP contribution in [0.2, 0.25) is 0 Å². The van der Waals surface area contributed by atoms with Gasteiger partial charge in [-0.15, -0.1) is 0 Å². The number of ketones is 2. The van der Waals surface area contributed by atoms with Crippen molar-refractivity contribution in [3.05, 3.63) is 0 Å². The monoisotopic (exact) mass is 392 g/mol. The van der Waals surface area contributed by atoms with Gasteiger partial charge < -0.3 is 4.74 Å². The van der Waals surface area contributed by atoms with E-state index >= 15 is 0 Å². The van der Waals surface area contributed by atoms with Crippen molar-refractivity contribution >= 4 is 17.5 Å². The third-order valence-electron chi connectivity index (χ3n) is 7.23. The number of methoxy groups -OCH3 is 1. The second kappa shape index (κ2) is 7.82. The fourth-order valence-corrected chi connectivity index (χ4v) is 5.71. The molecule has 4 fully saturated rings. The summed E-state index contributed by atoms with van der Waals surface area (Å²) in [5.74, 6) is -0.980. The van der Waals surface area contributed by atoms with Gasteiger partial charge in [0.25, 0.3) is 0 Å². The Hall–Kier alpha value is -1.35. The number of esters is 1. The van der Waals surface area contributed by atoms with E-state index in [1.165, 1.54) is 26.4 Å². The summed E-state index contributed by atoms with van der Waals surface area (Å²) in [5, 5.41) is 6.91. The summed E-state index contributed by atoms with van der Waals surface area (Å²) < 4.78 is 5.04. The van der Waals surface area contributed by atoms with Crippen molar-refractivity contribution < 1.29 is 19.1 Å². The van der Waals surface area contributed by atoms with E-state index in [2.05, 4.69) is 20.5 Å². The van der Waals surface area contributed by atoms with E-state index in [0.29, 0.717) is 12.8 Å². The molecule has 156 valence electrons. The first-order valence-corrected chi connectivity index (χ1v) is 10.7. The zero-order valence-corrected chi connectivity index (χ0v) is 16.9. The van der Waals surface area contributed by atoms with E-state index in [0.717, 1.165) is 52.1 Å². The fraction of sp³-hybridized carbons (Fsp3) is 0.850. The number of carbonyl (C=O) groups excluding carboxylic acids is 3.